The summed E-state index contributed by atoms with van der Waals surface area (Å²) in [5.74, 6) is 2.44. The minimum Gasteiger partial charge on any atom is -0.354 e. The Morgan fingerprint density at radius 1 is 0.383 bits per heavy atom. The van der Waals surface area contributed by atoms with Crippen LogP contribution in [0.3, 0.4) is 0 Å². The first-order chi connectivity index (χ1) is 23.1. The second kappa shape index (κ2) is 37.1. The van der Waals surface area contributed by atoms with E-state index in [4.69, 9.17) is 18.9 Å². The molecule has 0 N–H and O–H groups in total. The summed E-state index contributed by atoms with van der Waals surface area (Å²) in [7, 11) is 5.25. The van der Waals surface area contributed by atoms with E-state index in [0.29, 0.717) is 0 Å². The summed E-state index contributed by atoms with van der Waals surface area (Å²) < 4.78 is 26.7. The van der Waals surface area contributed by atoms with Gasteiger partial charge in [0.05, 0.1) is 19.0 Å². The maximum atomic E-state index is 6.67. The standard InChI is InChI=1S/C38H82O4S3Si2/c1-7-13-21-29-39-37(46-35-17-11-5,40-30-22-14-8-2)27-19-25-33-43-45-44-34-26-20-28-38(47-36-18-12-6,41-31-23-15-9-3)42-32-24-16-10-4/h7-36,46-47H2,1-6H3. The Morgan fingerprint density at radius 2 is 0.702 bits per heavy atom. The highest BCUT2D eigenvalue weighted by Gasteiger charge is 2.32. The molecule has 0 saturated heterocycles. The van der Waals surface area contributed by atoms with Gasteiger partial charge in [-0.1, -0.05) is 152 Å². The first kappa shape index (κ1) is 48.3. The molecule has 0 heterocycles. The Labute approximate surface area is 311 Å². The molecular formula is C38H82O4S3Si2. The number of rotatable bonds is 40. The Kier molecular flexibility index (Phi) is 38.1. The van der Waals surface area contributed by atoms with Gasteiger partial charge in [0, 0.05) is 37.9 Å². The van der Waals surface area contributed by atoms with Crippen LogP contribution in [-0.2, 0) is 18.9 Å². The second-order valence-electron chi connectivity index (χ2n) is 13.6. The molecule has 0 aliphatic heterocycles. The molecule has 4 nitrogen and oxygen atoms in total. The SMILES string of the molecule is CCCCCOC(CCCCSSSCCCCC(OCCCCC)(OCCCCC)[SiH2]CCCC)(OCCCCC)[SiH2]CCCC. The van der Waals surface area contributed by atoms with E-state index in [1.807, 2.05) is 31.4 Å². The molecule has 0 atom stereocenters. The molecule has 0 aromatic rings. The first-order valence-electron chi connectivity index (χ1n) is 20.5. The summed E-state index contributed by atoms with van der Waals surface area (Å²) in [6, 6.07) is 2.69. The van der Waals surface area contributed by atoms with Crippen LogP contribution in [0.2, 0.25) is 12.1 Å². The molecule has 47 heavy (non-hydrogen) atoms. The maximum absolute atomic E-state index is 6.67. The molecule has 0 radical (unpaired) electrons. The smallest absolute Gasteiger partial charge is 0.144 e. The number of ether oxygens (including phenoxy) is 4. The van der Waals surface area contributed by atoms with Crippen molar-refractivity contribution in [2.24, 2.45) is 0 Å². The molecule has 0 amide bonds. The van der Waals surface area contributed by atoms with Crippen LogP contribution in [0.15, 0.2) is 0 Å². The molecular weight excluding hydrogens is 673 g/mol. The zero-order valence-corrected chi connectivity index (χ0v) is 37.8. The molecule has 0 aromatic heterocycles. The summed E-state index contributed by atoms with van der Waals surface area (Å²) in [6.07, 6.45) is 27.1. The third-order valence-electron chi connectivity index (χ3n) is 8.94. The van der Waals surface area contributed by atoms with Crippen LogP contribution in [0, 0.1) is 0 Å². The molecule has 0 spiro atoms. The zero-order valence-electron chi connectivity index (χ0n) is 32.5. The van der Waals surface area contributed by atoms with Crippen LogP contribution < -0.4 is 0 Å². The van der Waals surface area contributed by atoms with Crippen LogP contribution in [-0.4, -0.2) is 67.8 Å². The van der Waals surface area contributed by atoms with E-state index in [1.54, 1.807) is 0 Å². The van der Waals surface area contributed by atoms with Gasteiger partial charge in [0.15, 0.2) is 0 Å². The summed E-state index contributed by atoms with van der Waals surface area (Å²) in [5, 5.41) is 0. The van der Waals surface area contributed by atoms with Crippen LogP contribution in [0.1, 0.15) is 183 Å². The van der Waals surface area contributed by atoms with Crippen molar-refractivity contribution in [2.75, 3.05) is 37.9 Å². The lowest BCUT2D eigenvalue weighted by Crippen LogP contribution is -2.43. The van der Waals surface area contributed by atoms with E-state index in [2.05, 4.69) is 41.5 Å². The van der Waals surface area contributed by atoms with Gasteiger partial charge in [0.2, 0.25) is 0 Å². The molecule has 0 aliphatic rings. The largest absolute Gasteiger partial charge is 0.354 e. The highest BCUT2D eigenvalue weighted by molar-refractivity contribution is 9.09. The monoisotopic (exact) mass is 754 g/mol. The lowest BCUT2D eigenvalue weighted by atomic mass is 10.2. The van der Waals surface area contributed by atoms with Crippen LogP contribution in [0.25, 0.3) is 0 Å². The maximum Gasteiger partial charge on any atom is 0.144 e. The van der Waals surface area contributed by atoms with Crippen molar-refractivity contribution in [3.05, 3.63) is 0 Å². The Morgan fingerprint density at radius 3 is 1.00 bits per heavy atom. The van der Waals surface area contributed by atoms with Gasteiger partial charge in [0.25, 0.3) is 0 Å². The van der Waals surface area contributed by atoms with Gasteiger partial charge in [-0.05, 0) is 74.0 Å². The highest BCUT2D eigenvalue weighted by atomic mass is 33.5. The summed E-state index contributed by atoms with van der Waals surface area (Å²) in [6.45, 7) is 17.2. The minimum atomic E-state index is -0.425. The van der Waals surface area contributed by atoms with E-state index in [0.717, 1.165) is 39.3 Å². The van der Waals surface area contributed by atoms with Crippen molar-refractivity contribution in [1.29, 1.82) is 0 Å². The van der Waals surface area contributed by atoms with Gasteiger partial charge in [-0.15, -0.1) is 0 Å². The lowest BCUT2D eigenvalue weighted by molar-refractivity contribution is -0.187. The molecule has 0 fully saturated rings. The number of unbranched alkanes of at least 4 members (excludes halogenated alkanes) is 12. The molecule has 0 aromatic carbocycles. The van der Waals surface area contributed by atoms with Gasteiger partial charge in [0.1, 0.15) is 10.8 Å². The zero-order chi connectivity index (χ0) is 34.6. The second-order valence-corrected chi connectivity index (χ2v) is 22.6. The predicted molar refractivity (Wildman–Crippen MR) is 224 cm³/mol. The van der Waals surface area contributed by atoms with Gasteiger partial charge < -0.3 is 18.9 Å². The normalized spacial score (nSPS) is 12.9. The van der Waals surface area contributed by atoms with Crippen molar-refractivity contribution in [3.8, 4) is 0 Å². The van der Waals surface area contributed by atoms with E-state index in [1.165, 1.54) is 152 Å². The molecule has 0 bridgehead atoms. The fourth-order valence-corrected chi connectivity index (χ4v) is 14.6. The summed E-state index contributed by atoms with van der Waals surface area (Å²) in [5.41, 5.74) is -0.450. The highest BCUT2D eigenvalue weighted by Crippen LogP contribution is 2.36. The fraction of sp³-hybridized carbons (Fsp3) is 1.00. The van der Waals surface area contributed by atoms with Crippen LogP contribution in [0.5, 0.6) is 0 Å². The fourth-order valence-electron chi connectivity index (χ4n) is 5.85. The van der Waals surface area contributed by atoms with Gasteiger partial charge in [-0.25, -0.2) is 0 Å². The topological polar surface area (TPSA) is 36.9 Å². The average Bonchev–Trinajstić information content (AvgIpc) is 3.08. The third kappa shape index (κ3) is 29.6. The van der Waals surface area contributed by atoms with Gasteiger partial charge >= 0.3 is 0 Å². The van der Waals surface area contributed by atoms with Crippen molar-refractivity contribution in [2.45, 2.75) is 206 Å². The van der Waals surface area contributed by atoms with Gasteiger partial charge in [-0.3, -0.25) is 0 Å². The predicted octanol–water partition coefficient (Wildman–Crippen LogP) is 12.3. The van der Waals surface area contributed by atoms with Crippen LogP contribution in [0.4, 0.5) is 0 Å². The molecule has 0 aliphatic carbocycles. The van der Waals surface area contributed by atoms with E-state index < -0.39 is 19.0 Å². The van der Waals surface area contributed by atoms with E-state index in [-0.39, 0.29) is 10.8 Å². The van der Waals surface area contributed by atoms with Crippen molar-refractivity contribution in [3.63, 3.8) is 0 Å². The van der Waals surface area contributed by atoms with Crippen molar-refractivity contribution in [1.82, 2.24) is 0 Å². The Bertz CT molecular complexity index is 547. The van der Waals surface area contributed by atoms with E-state index in [9.17, 15) is 0 Å². The Balaban J connectivity index is 4.63. The van der Waals surface area contributed by atoms with Crippen molar-refractivity contribution >= 4 is 50.5 Å². The van der Waals surface area contributed by atoms with Crippen molar-refractivity contribution < 1.29 is 18.9 Å². The lowest BCUT2D eigenvalue weighted by Gasteiger charge is -2.35. The van der Waals surface area contributed by atoms with Gasteiger partial charge in [-0.2, -0.15) is 0 Å². The molecule has 284 valence electrons. The minimum absolute atomic E-state index is 0.225. The molecule has 0 unspecified atom stereocenters. The summed E-state index contributed by atoms with van der Waals surface area (Å²) >= 11 is 0. The molecule has 0 saturated carbocycles. The number of hydrogen-bond acceptors (Lipinski definition) is 7. The first-order valence-corrected chi connectivity index (χ1v) is 27.8. The Hall–Kier alpha value is 1.32. The average molecular weight is 755 g/mol. The number of hydrogen-bond donors (Lipinski definition) is 0. The molecule has 0 rings (SSSR count). The summed E-state index contributed by atoms with van der Waals surface area (Å²) in [4.78, 5) is 0. The quantitative estimate of drug-likeness (QED) is 0.0267. The molecule has 9 heteroatoms. The third-order valence-corrected chi connectivity index (χ3v) is 18.1. The van der Waals surface area contributed by atoms with Crippen LogP contribution >= 0.6 is 31.4 Å². The van der Waals surface area contributed by atoms with E-state index >= 15 is 0 Å².